The number of nitrogens with one attached hydrogen (secondary N) is 1. The van der Waals surface area contributed by atoms with E-state index in [0.29, 0.717) is 12.0 Å². The maximum absolute atomic E-state index is 4.36. The predicted octanol–water partition coefficient (Wildman–Crippen LogP) is 2.67. The summed E-state index contributed by atoms with van der Waals surface area (Å²) in [5.41, 5.74) is 0.797. The van der Waals surface area contributed by atoms with E-state index in [1.54, 1.807) is 6.20 Å². The van der Waals surface area contributed by atoms with Gasteiger partial charge in [-0.3, -0.25) is 4.40 Å². The molecule has 0 bridgehead atoms. The molecular weight excluding hydrogens is 226 g/mol. The van der Waals surface area contributed by atoms with E-state index < -0.39 is 0 Å². The maximum Gasteiger partial charge on any atom is 0.203 e. The third-order valence-electron chi connectivity index (χ3n) is 3.33. The Morgan fingerprint density at radius 2 is 2.11 bits per heavy atom. The van der Waals surface area contributed by atoms with Crippen LogP contribution in [-0.4, -0.2) is 25.6 Å². The van der Waals surface area contributed by atoms with Gasteiger partial charge in [0.25, 0.3) is 0 Å². The van der Waals surface area contributed by atoms with E-state index >= 15 is 0 Å². The minimum atomic E-state index is 0.385. The van der Waals surface area contributed by atoms with Gasteiger partial charge in [-0.05, 0) is 26.2 Å². The fraction of sp³-hybridized carbons (Fsp3) is 0.615. The van der Waals surface area contributed by atoms with Crippen molar-refractivity contribution < 1.29 is 0 Å². The predicted molar refractivity (Wildman–Crippen MR) is 72.7 cm³/mol. The molecule has 0 aromatic carbocycles. The summed E-state index contributed by atoms with van der Waals surface area (Å²) < 4.78 is 1.95. The Morgan fingerprint density at radius 3 is 2.83 bits per heavy atom. The summed E-state index contributed by atoms with van der Waals surface area (Å²) in [5, 5.41) is 11.7. The van der Waals surface area contributed by atoms with Gasteiger partial charge in [-0.15, -0.1) is 10.2 Å². The lowest BCUT2D eigenvalue weighted by Gasteiger charge is -2.18. The van der Waals surface area contributed by atoms with Gasteiger partial charge in [0.05, 0.1) is 0 Å². The molecule has 5 heteroatoms. The SMILES string of the molecule is CCC(C)CC(C)Nc1nccn2c(C)nnc12. The smallest absolute Gasteiger partial charge is 0.203 e. The number of aromatic nitrogens is 4. The van der Waals surface area contributed by atoms with Crippen molar-refractivity contribution in [1.82, 2.24) is 19.6 Å². The van der Waals surface area contributed by atoms with Crippen LogP contribution in [0.4, 0.5) is 5.82 Å². The summed E-state index contributed by atoms with van der Waals surface area (Å²) in [6, 6.07) is 0.385. The highest BCUT2D eigenvalue weighted by molar-refractivity contribution is 5.62. The summed E-state index contributed by atoms with van der Waals surface area (Å²) in [6.45, 7) is 8.61. The molecule has 0 spiro atoms. The van der Waals surface area contributed by atoms with Crippen molar-refractivity contribution >= 4 is 11.5 Å². The van der Waals surface area contributed by atoms with E-state index in [1.165, 1.54) is 6.42 Å². The number of nitrogens with zero attached hydrogens (tertiary/aromatic N) is 4. The molecule has 5 nitrogen and oxygen atoms in total. The first-order valence-corrected chi connectivity index (χ1v) is 6.54. The zero-order chi connectivity index (χ0) is 13.1. The number of aryl methyl sites for hydroxylation is 1. The van der Waals surface area contributed by atoms with Crippen LogP contribution in [0.5, 0.6) is 0 Å². The van der Waals surface area contributed by atoms with Crippen molar-refractivity contribution in [2.75, 3.05) is 5.32 Å². The molecule has 0 aliphatic heterocycles. The molecule has 0 amide bonds. The Labute approximate surface area is 108 Å². The van der Waals surface area contributed by atoms with Crippen LogP contribution in [0.3, 0.4) is 0 Å². The first-order chi connectivity index (χ1) is 8.61. The summed E-state index contributed by atoms with van der Waals surface area (Å²) in [5.74, 6) is 2.41. The van der Waals surface area contributed by atoms with Crippen molar-refractivity contribution in [3.8, 4) is 0 Å². The maximum atomic E-state index is 4.36. The van der Waals surface area contributed by atoms with Crippen LogP contribution in [-0.2, 0) is 0 Å². The van der Waals surface area contributed by atoms with Crippen LogP contribution in [0.15, 0.2) is 12.4 Å². The summed E-state index contributed by atoms with van der Waals surface area (Å²) >= 11 is 0. The van der Waals surface area contributed by atoms with Gasteiger partial charge in [0, 0.05) is 18.4 Å². The molecule has 0 fully saturated rings. The van der Waals surface area contributed by atoms with Crippen LogP contribution in [0.1, 0.15) is 39.4 Å². The molecule has 0 saturated heterocycles. The second-order valence-electron chi connectivity index (χ2n) is 5.01. The normalized spacial score (nSPS) is 14.7. The van der Waals surface area contributed by atoms with Crippen molar-refractivity contribution in [2.45, 2.75) is 46.6 Å². The minimum Gasteiger partial charge on any atom is -0.364 e. The van der Waals surface area contributed by atoms with Gasteiger partial charge in [0.2, 0.25) is 5.65 Å². The molecule has 98 valence electrons. The topological polar surface area (TPSA) is 55.1 Å². The van der Waals surface area contributed by atoms with E-state index in [-0.39, 0.29) is 0 Å². The lowest BCUT2D eigenvalue weighted by Crippen LogP contribution is -2.19. The highest BCUT2D eigenvalue weighted by atomic mass is 15.3. The molecule has 18 heavy (non-hydrogen) atoms. The van der Waals surface area contributed by atoms with Crippen LogP contribution < -0.4 is 5.32 Å². The fourth-order valence-electron chi connectivity index (χ4n) is 2.11. The lowest BCUT2D eigenvalue weighted by molar-refractivity contribution is 0.483. The molecule has 2 unspecified atom stereocenters. The average molecular weight is 247 g/mol. The number of anilines is 1. The molecule has 2 aromatic heterocycles. The van der Waals surface area contributed by atoms with E-state index in [2.05, 4.69) is 41.3 Å². The first kappa shape index (κ1) is 12.8. The van der Waals surface area contributed by atoms with E-state index in [4.69, 9.17) is 0 Å². The van der Waals surface area contributed by atoms with Gasteiger partial charge in [-0.2, -0.15) is 0 Å². The molecular formula is C13H21N5. The average Bonchev–Trinajstić information content (AvgIpc) is 2.72. The number of hydrogen-bond donors (Lipinski definition) is 1. The van der Waals surface area contributed by atoms with Crippen LogP contribution in [0.2, 0.25) is 0 Å². The first-order valence-electron chi connectivity index (χ1n) is 6.54. The molecule has 0 saturated carbocycles. The van der Waals surface area contributed by atoms with Crippen molar-refractivity contribution in [2.24, 2.45) is 5.92 Å². The monoisotopic (exact) mass is 247 g/mol. The van der Waals surface area contributed by atoms with Crippen molar-refractivity contribution in [3.63, 3.8) is 0 Å². The Hall–Kier alpha value is -1.65. The fourth-order valence-corrected chi connectivity index (χ4v) is 2.11. The zero-order valence-corrected chi connectivity index (χ0v) is 11.5. The quantitative estimate of drug-likeness (QED) is 0.882. The largest absolute Gasteiger partial charge is 0.364 e. The van der Waals surface area contributed by atoms with Gasteiger partial charge in [0.1, 0.15) is 5.82 Å². The molecule has 0 radical (unpaired) electrons. The Bertz CT molecular complexity index is 519. The third kappa shape index (κ3) is 2.60. The second-order valence-corrected chi connectivity index (χ2v) is 5.01. The Morgan fingerprint density at radius 1 is 1.33 bits per heavy atom. The molecule has 2 heterocycles. The summed E-state index contributed by atoms with van der Waals surface area (Å²) in [7, 11) is 0. The molecule has 0 aliphatic carbocycles. The van der Waals surface area contributed by atoms with E-state index in [9.17, 15) is 0 Å². The number of rotatable bonds is 5. The van der Waals surface area contributed by atoms with Crippen molar-refractivity contribution in [1.29, 1.82) is 0 Å². The van der Waals surface area contributed by atoms with Crippen LogP contribution >= 0.6 is 0 Å². The lowest BCUT2D eigenvalue weighted by atomic mass is 10.0. The molecule has 2 atom stereocenters. The van der Waals surface area contributed by atoms with Crippen molar-refractivity contribution in [3.05, 3.63) is 18.2 Å². The van der Waals surface area contributed by atoms with Gasteiger partial charge >= 0.3 is 0 Å². The zero-order valence-electron chi connectivity index (χ0n) is 11.5. The van der Waals surface area contributed by atoms with Gasteiger partial charge in [-0.25, -0.2) is 4.98 Å². The standard InChI is InChI=1S/C13H21N5/c1-5-9(2)8-10(3)15-12-13-17-16-11(4)18(13)7-6-14-12/h6-7,9-10H,5,8H2,1-4H3,(H,14,15). The van der Waals surface area contributed by atoms with Gasteiger partial charge in [0.15, 0.2) is 5.82 Å². The summed E-state index contributed by atoms with van der Waals surface area (Å²) in [6.07, 6.45) is 6.00. The van der Waals surface area contributed by atoms with E-state index in [1.807, 2.05) is 17.5 Å². The Balaban J connectivity index is 2.16. The molecule has 0 aliphatic rings. The highest BCUT2D eigenvalue weighted by Crippen LogP contribution is 2.16. The Kier molecular flexibility index (Phi) is 3.79. The second kappa shape index (κ2) is 5.33. The van der Waals surface area contributed by atoms with Crippen LogP contribution in [0, 0.1) is 12.8 Å². The third-order valence-corrected chi connectivity index (χ3v) is 3.33. The number of fused-ring (bicyclic) bond motifs is 1. The highest BCUT2D eigenvalue weighted by Gasteiger charge is 2.12. The molecule has 1 N–H and O–H groups in total. The molecule has 2 aromatic rings. The van der Waals surface area contributed by atoms with Gasteiger partial charge < -0.3 is 5.32 Å². The molecule has 2 rings (SSSR count). The van der Waals surface area contributed by atoms with Crippen LogP contribution in [0.25, 0.3) is 5.65 Å². The minimum absolute atomic E-state index is 0.385. The van der Waals surface area contributed by atoms with Gasteiger partial charge in [-0.1, -0.05) is 20.3 Å². The summed E-state index contributed by atoms with van der Waals surface area (Å²) in [4.78, 5) is 4.36. The number of hydrogen-bond acceptors (Lipinski definition) is 4. The van der Waals surface area contributed by atoms with E-state index in [0.717, 1.165) is 23.7 Å².